The maximum atomic E-state index is 13.7. The van der Waals surface area contributed by atoms with Crippen LogP contribution in [0.4, 0.5) is 13.2 Å². The molecule has 0 unspecified atom stereocenters. The Kier molecular flexibility index (Phi) is 5.07. The summed E-state index contributed by atoms with van der Waals surface area (Å²) in [5.74, 6) is -2.95. The van der Waals surface area contributed by atoms with E-state index in [9.17, 15) is 22.8 Å². The van der Waals surface area contributed by atoms with Crippen molar-refractivity contribution in [3.8, 4) is 5.69 Å². The lowest BCUT2D eigenvalue weighted by atomic mass is 10.2. The van der Waals surface area contributed by atoms with Gasteiger partial charge in [0, 0.05) is 12.6 Å². The zero-order valence-electron chi connectivity index (χ0n) is 13.8. The van der Waals surface area contributed by atoms with Crippen LogP contribution in [-0.4, -0.2) is 27.2 Å². The number of rotatable bonds is 2. The summed E-state index contributed by atoms with van der Waals surface area (Å²) in [6, 6.07) is 3.48. The summed E-state index contributed by atoms with van der Waals surface area (Å²) in [6.45, 7) is 1.03. The Morgan fingerprint density at radius 1 is 1.11 bits per heavy atom. The fraction of sp³-hybridized carbons (Fsp3) is 0.235. The number of benzene rings is 1. The average molecular weight is 399 g/mol. The predicted octanol–water partition coefficient (Wildman–Crippen LogP) is 1.92. The van der Waals surface area contributed by atoms with Gasteiger partial charge in [-0.3, -0.25) is 9.36 Å². The third kappa shape index (κ3) is 3.13. The molecule has 1 aromatic carbocycles. The van der Waals surface area contributed by atoms with E-state index in [0.29, 0.717) is 19.5 Å². The number of halogens is 4. The summed E-state index contributed by atoms with van der Waals surface area (Å²) in [5, 5.41) is 2.94. The molecule has 6 nitrogen and oxygen atoms in total. The summed E-state index contributed by atoms with van der Waals surface area (Å²) in [6.07, 6.45) is 1.40. The first-order chi connectivity index (χ1) is 12.5. The van der Waals surface area contributed by atoms with Crippen LogP contribution in [0.3, 0.4) is 0 Å². The molecule has 4 rings (SSSR count). The molecule has 1 N–H and O–H groups in total. The van der Waals surface area contributed by atoms with Crippen LogP contribution in [0, 0.1) is 17.5 Å². The highest BCUT2D eigenvalue weighted by Gasteiger charge is 2.24. The normalized spacial score (nSPS) is 16.5. The fourth-order valence-corrected chi connectivity index (χ4v) is 3.22. The van der Waals surface area contributed by atoms with Crippen molar-refractivity contribution >= 4 is 23.4 Å². The number of nitrogens with zero attached hydrogens (tertiary/aromatic N) is 3. The molecule has 27 heavy (non-hydrogen) atoms. The van der Waals surface area contributed by atoms with Crippen molar-refractivity contribution in [2.45, 2.75) is 12.5 Å². The largest absolute Gasteiger partial charge is 0.337 e. The summed E-state index contributed by atoms with van der Waals surface area (Å²) in [4.78, 5) is 29.6. The molecule has 1 fully saturated rings. The van der Waals surface area contributed by atoms with E-state index in [1.165, 1.54) is 6.07 Å². The van der Waals surface area contributed by atoms with Crippen molar-refractivity contribution in [2.75, 3.05) is 13.1 Å². The number of fused-ring (bicyclic) bond motifs is 1. The van der Waals surface area contributed by atoms with Gasteiger partial charge in [-0.05, 0) is 31.2 Å². The number of hydrogen-bond acceptors (Lipinski definition) is 4. The minimum Gasteiger partial charge on any atom is -0.315 e. The second-order valence-corrected chi connectivity index (χ2v) is 6.06. The third-order valence-corrected chi connectivity index (χ3v) is 4.45. The minimum atomic E-state index is -1.15. The molecule has 10 heteroatoms. The fourth-order valence-electron chi connectivity index (χ4n) is 3.22. The van der Waals surface area contributed by atoms with Gasteiger partial charge in [0.25, 0.3) is 5.56 Å². The van der Waals surface area contributed by atoms with Crippen LogP contribution < -0.4 is 16.6 Å². The van der Waals surface area contributed by atoms with E-state index in [1.807, 2.05) is 0 Å². The topological polar surface area (TPSA) is 68.9 Å². The lowest BCUT2D eigenvalue weighted by molar-refractivity contribution is 0.495. The zero-order chi connectivity index (χ0) is 18.4. The molecule has 0 aliphatic carbocycles. The molecular weight excluding hydrogens is 385 g/mol. The lowest BCUT2D eigenvalue weighted by Crippen LogP contribution is -2.42. The van der Waals surface area contributed by atoms with Gasteiger partial charge < -0.3 is 5.32 Å². The van der Waals surface area contributed by atoms with E-state index >= 15 is 0 Å². The molecule has 0 bridgehead atoms. The van der Waals surface area contributed by atoms with Gasteiger partial charge in [-0.2, -0.15) is 0 Å². The van der Waals surface area contributed by atoms with Gasteiger partial charge >= 0.3 is 5.69 Å². The van der Waals surface area contributed by atoms with Gasteiger partial charge in [-0.15, -0.1) is 12.4 Å². The molecular formula is C17H14ClF3N4O2. The molecule has 1 atom stereocenters. The minimum absolute atomic E-state index is 0. The molecule has 3 heterocycles. The second-order valence-electron chi connectivity index (χ2n) is 6.06. The summed E-state index contributed by atoms with van der Waals surface area (Å²) < 4.78 is 42.6. The molecule has 2 aromatic heterocycles. The van der Waals surface area contributed by atoms with E-state index < -0.39 is 34.7 Å². The SMILES string of the molecule is Cl.O=c1c2cc(F)cnc2n(-c2ccc(F)c(F)c2)c(=O)n1[C@@H]1CCNC1. The zero-order valence-corrected chi connectivity index (χ0v) is 14.6. The Bertz CT molecular complexity index is 1140. The molecule has 0 saturated carbocycles. The lowest BCUT2D eigenvalue weighted by Gasteiger charge is -2.17. The first-order valence-electron chi connectivity index (χ1n) is 7.96. The van der Waals surface area contributed by atoms with E-state index in [1.54, 1.807) is 0 Å². The van der Waals surface area contributed by atoms with Crippen LogP contribution in [0.25, 0.3) is 16.7 Å². The Hall–Kier alpha value is -2.65. The van der Waals surface area contributed by atoms with Gasteiger partial charge in [0.2, 0.25) is 0 Å². The smallest absolute Gasteiger partial charge is 0.315 e. The van der Waals surface area contributed by atoms with E-state index in [-0.39, 0.29) is 29.1 Å². The van der Waals surface area contributed by atoms with Crippen LogP contribution in [-0.2, 0) is 0 Å². The third-order valence-electron chi connectivity index (χ3n) is 4.45. The van der Waals surface area contributed by atoms with Crippen LogP contribution >= 0.6 is 12.4 Å². The Balaban J connectivity index is 0.00000210. The van der Waals surface area contributed by atoms with Gasteiger partial charge in [0.1, 0.15) is 5.82 Å². The maximum absolute atomic E-state index is 13.7. The first-order valence-corrected chi connectivity index (χ1v) is 7.96. The molecule has 0 spiro atoms. The van der Waals surface area contributed by atoms with Crippen molar-refractivity contribution in [2.24, 2.45) is 0 Å². The summed E-state index contributed by atoms with van der Waals surface area (Å²) >= 11 is 0. The monoisotopic (exact) mass is 398 g/mol. The first kappa shape index (κ1) is 19.1. The Labute approximate surface area is 156 Å². The highest BCUT2D eigenvalue weighted by Crippen LogP contribution is 2.18. The van der Waals surface area contributed by atoms with Crippen molar-refractivity contribution in [1.82, 2.24) is 19.4 Å². The second kappa shape index (κ2) is 7.16. The van der Waals surface area contributed by atoms with Crippen molar-refractivity contribution in [1.29, 1.82) is 0 Å². The molecule has 1 aliphatic rings. The molecule has 0 amide bonds. The van der Waals surface area contributed by atoms with Crippen molar-refractivity contribution in [3.05, 3.63) is 68.8 Å². The summed E-state index contributed by atoms with van der Waals surface area (Å²) in [7, 11) is 0. The highest BCUT2D eigenvalue weighted by molar-refractivity contribution is 5.85. The molecule has 3 aromatic rings. The number of aromatic nitrogens is 3. The van der Waals surface area contributed by atoms with Gasteiger partial charge in [0.05, 0.1) is 23.3 Å². The van der Waals surface area contributed by atoms with Crippen LogP contribution in [0.15, 0.2) is 40.1 Å². The van der Waals surface area contributed by atoms with Crippen molar-refractivity contribution < 1.29 is 13.2 Å². The van der Waals surface area contributed by atoms with Crippen LogP contribution in [0.1, 0.15) is 12.5 Å². The Morgan fingerprint density at radius 2 is 1.89 bits per heavy atom. The molecule has 1 saturated heterocycles. The van der Waals surface area contributed by atoms with E-state index in [2.05, 4.69) is 10.3 Å². The molecule has 142 valence electrons. The standard InChI is InChI=1S/C17H13F3N4O2.ClH/c18-9-5-12-15(22-7-9)23(10-1-2-13(19)14(20)6-10)17(26)24(16(12)25)11-3-4-21-8-11;/h1-2,5-7,11,21H,3-4,8H2;1H/t11-;/m1./s1. The van der Waals surface area contributed by atoms with E-state index in [4.69, 9.17) is 0 Å². The van der Waals surface area contributed by atoms with Crippen molar-refractivity contribution in [3.63, 3.8) is 0 Å². The van der Waals surface area contributed by atoms with Gasteiger partial charge in [-0.1, -0.05) is 0 Å². The van der Waals surface area contributed by atoms with Crippen LogP contribution in [0.2, 0.25) is 0 Å². The number of hydrogen-bond donors (Lipinski definition) is 1. The summed E-state index contributed by atoms with van der Waals surface area (Å²) in [5.41, 5.74) is -1.52. The quantitative estimate of drug-likeness (QED) is 0.716. The van der Waals surface area contributed by atoms with Gasteiger partial charge in [0.15, 0.2) is 17.3 Å². The molecule has 0 radical (unpaired) electrons. The molecule has 1 aliphatic heterocycles. The van der Waals surface area contributed by atoms with Gasteiger partial charge in [-0.25, -0.2) is 27.5 Å². The van der Waals surface area contributed by atoms with E-state index in [0.717, 1.165) is 33.5 Å². The predicted molar refractivity (Wildman–Crippen MR) is 95.2 cm³/mol. The number of nitrogens with one attached hydrogen (secondary N) is 1. The Morgan fingerprint density at radius 3 is 2.56 bits per heavy atom. The highest BCUT2D eigenvalue weighted by atomic mass is 35.5. The number of pyridine rings is 1. The van der Waals surface area contributed by atoms with Crippen LogP contribution in [0.5, 0.6) is 0 Å². The average Bonchev–Trinajstić information content (AvgIpc) is 3.13. The maximum Gasteiger partial charge on any atom is 0.337 e.